The molecule has 2 N–H and O–H groups in total. The molecule has 122 valence electrons. The molecule has 0 radical (unpaired) electrons. The highest BCUT2D eigenvalue weighted by atomic mass is 15.2. The molecular formula is C18H20N6. The van der Waals surface area contributed by atoms with E-state index in [4.69, 9.17) is 0 Å². The smallest absolute Gasteiger partial charge is 0.134 e. The van der Waals surface area contributed by atoms with Crippen molar-refractivity contribution in [2.75, 3.05) is 23.3 Å². The van der Waals surface area contributed by atoms with Crippen LogP contribution in [0, 0.1) is 0 Å². The minimum absolute atomic E-state index is 0.600. The first kappa shape index (κ1) is 14.7. The largest absolute Gasteiger partial charge is 0.363 e. The molecule has 0 aliphatic carbocycles. The monoisotopic (exact) mass is 320 g/mol. The van der Waals surface area contributed by atoms with Gasteiger partial charge in [-0.2, -0.15) is 0 Å². The van der Waals surface area contributed by atoms with Gasteiger partial charge in [0, 0.05) is 19.2 Å². The molecule has 1 aliphatic heterocycles. The number of H-pyrrole nitrogens is 1. The molecule has 0 saturated carbocycles. The Kier molecular flexibility index (Phi) is 4.10. The van der Waals surface area contributed by atoms with Crippen LogP contribution in [-0.4, -0.2) is 33.0 Å². The van der Waals surface area contributed by atoms with Gasteiger partial charge in [0.2, 0.25) is 0 Å². The van der Waals surface area contributed by atoms with Crippen molar-refractivity contribution in [1.82, 2.24) is 19.9 Å². The Morgan fingerprint density at radius 1 is 1.04 bits per heavy atom. The Morgan fingerprint density at radius 2 is 1.88 bits per heavy atom. The average Bonchev–Trinajstić information content (AvgIpc) is 3.33. The second kappa shape index (κ2) is 6.70. The summed E-state index contributed by atoms with van der Waals surface area (Å²) in [5.41, 5.74) is 2.16. The highest BCUT2D eigenvalue weighted by Crippen LogP contribution is 2.20. The van der Waals surface area contributed by atoms with Crippen LogP contribution in [0.5, 0.6) is 0 Å². The zero-order valence-corrected chi connectivity index (χ0v) is 13.4. The molecule has 4 rings (SSSR count). The average molecular weight is 320 g/mol. The fourth-order valence-electron chi connectivity index (χ4n) is 2.95. The Labute approximate surface area is 141 Å². The molecule has 2 aromatic heterocycles. The van der Waals surface area contributed by atoms with Gasteiger partial charge in [-0.1, -0.05) is 30.3 Å². The van der Waals surface area contributed by atoms with Crippen LogP contribution < -0.4 is 10.2 Å². The van der Waals surface area contributed by atoms with Gasteiger partial charge in [-0.3, -0.25) is 0 Å². The van der Waals surface area contributed by atoms with Crippen LogP contribution in [0.1, 0.15) is 18.7 Å². The van der Waals surface area contributed by atoms with Crippen molar-refractivity contribution < 1.29 is 0 Å². The molecule has 0 amide bonds. The predicted octanol–water partition coefficient (Wildman–Crippen LogP) is 3.08. The summed E-state index contributed by atoms with van der Waals surface area (Å²) in [6.07, 6.45) is 5.96. The third-order valence-corrected chi connectivity index (χ3v) is 4.23. The van der Waals surface area contributed by atoms with Crippen molar-refractivity contribution in [3.05, 3.63) is 54.7 Å². The summed E-state index contributed by atoms with van der Waals surface area (Å²) >= 11 is 0. The summed E-state index contributed by atoms with van der Waals surface area (Å²) in [5.74, 6) is 2.70. The molecule has 24 heavy (non-hydrogen) atoms. The summed E-state index contributed by atoms with van der Waals surface area (Å²) in [4.78, 5) is 18.7. The number of nitrogens with zero attached hydrogens (tertiary/aromatic N) is 4. The number of anilines is 2. The molecule has 1 saturated heterocycles. The van der Waals surface area contributed by atoms with E-state index in [0.717, 1.165) is 41.8 Å². The van der Waals surface area contributed by atoms with Gasteiger partial charge in [0.25, 0.3) is 0 Å². The number of hydrogen-bond donors (Lipinski definition) is 2. The third kappa shape index (κ3) is 3.22. The molecular weight excluding hydrogens is 300 g/mol. The standard InChI is InChI=1S/C18H20N6/c1-2-6-14(7-3-1)15-11-19-17(23-15)12-20-16-10-18(22-13-21-16)24-8-4-5-9-24/h1-3,6-7,10-11,13H,4-5,8-9,12H2,(H,19,23)(H,20,21,22). The van der Waals surface area contributed by atoms with Crippen molar-refractivity contribution in [1.29, 1.82) is 0 Å². The molecule has 1 aliphatic rings. The molecule has 3 aromatic rings. The number of benzene rings is 1. The lowest BCUT2D eigenvalue weighted by atomic mass is 10.2. The zero-order chi connectivity index (χ0) is 16.2. The number of rotatable bonds is 5. The highest BCUT2D eigenvalue weighted by molar-refractivity contribution is 5.58. The lowest BCUT2D eigenvalue weighted by Gasteiger charge is -2.16. The van der Waals surface area contributed by atoms with Gasteiger partial charge in [0.15, 0.2) is 0 Å². The lowest BCUT2D eigenvalue weighted by Crippen LogP contribution is -2.19. The first-order chi connectivity index (χ1) is 11.9. The molecule has 0 unspecified atom stereocenters. The fraction of sp³-hybridized carbons (Fsp3) is 0.278. The van der Waals surface area contributed by atoms with Crippen LogP contribution in [0.25, 0.3) is 11.3 Å². The maximum absolute atomic E-state index is 4.44. The van der Waals surface area contributed by atoms with Crippen LogP contribution in [0.4, 0.5) is 11.6 Å². The van der Waals surface area contributed by atoms with Gasteiger partial charge in [0.05, 0.1) is 18.4 Å². The summed E-state index contributed by atoms with van der Waals surface area (Å²) < 4.78 is 0. The second-order valence-electron chi connectivity index (χ2n) is 5.92. The van der Waals surface area contributed by atoms with E-state index < -0.39 is 0 Å². The SMILES string of the molecule is c1ccc(-c2cnc(CNc3cc(N4CCCC4)ncn3)[nH]2)cc1. The van der Waals surface area contributed by atoms with Crippen molar-refractivity contribution in [3.8, 4) is 11.3 Å². The van der Waals surface area contributed by atoms with Gasteiger partial charge in [-0.25, -0.2) is 15.0 Å². The van der Waals surface area contributed by atoms with E-state index in [1.54, 1.807) is 6.33 Å². The zero-order valence-electron chi connectivity index (χ0n) is 13.4. The van der Waals surface area contributed by atoms with Gasteiger partial charge in [-0.15, -0.1) is 0 Å². The fourth-order valence-corrected chi connectivity index (χ4v) is 2.95. The number of hydrogen-bond acceptors (Lipinski definition) is 5. The van der Waals surface area contributed by atoms with Crippen LogP contribution in [0.2, 0.25) is 0 Å². The van der Waals surface area contributed by atoms with Crippen LogP contribution in [0.15, 0.2) is 48.9 Å². The van der Waals surface area contributed by atoms with E-state index in [1.807, 2.05) is 30.5 Å². The molecule has 0 spiro atoms. The van der Waals surface area contributed by atoms with Crippen LogP contribution in [0.3, 0.4) is 0 Å². The molecule has 1 aromatic carbocycles. The number of aromatic amines is 1. The van der Waals surface area contributed by atoms with Gasteiger partial charge in [0.1, 0.15) is 23.8 Å². The third-order valence-electron chi connectivity index (χ3n) is 4.23. The van der Waals surface area contributed by atoms with E-state index in [0.29, 0.717) is 6.54 Å². The first-order valence-electron chi connectivity index (χ1n) is 8.29. The molecule has 1 fully saturated rings. The van der Waals surface area contributed by atoms with E-state index in [-0.39, 0.29) is 0 Å². The van der Waals surface area contributed by atoms with Crippen molar-refractivity contribution in [2.24, 2.45) is 0 Å². The molecule has 3 heterocycles. The predicted molar refractivity (Wildman–Crippen MR) is 94.8 cm³/mol. The molecule has 6 heteroatoms. The minimum Gasteiger partial charge on any atom is -0.363 e. The van der Waals surface area contributed by atoms with Gasteiger partial charge >= 0.3 is 0 Å². The molecule has 0 atom stereocenters. The molecule has 0 bridgehead atoms. The number of nitrogens with one attached hydrogen (secondary N) is 2. The highest BCUT2D eigenvalue weighted by Gasteiger charge is 2.14. The minimum atomic E-state index is 0.600. The number of imidazole rings is 1. The maximum Gasteiger partial charge on any atom is 0.134 e. The van der Waals surface area contributed by atoms with Crippen LogP contribution in [-0.2, 0) is 6.54 Å². The van der Waals surface area contributed by atoms with E-state index in [1.165, 1.54) is 12.8 Å². The Balaban J connectivity index is 1.42. The van der Waals surface area contributed by atoms with Crippen molar-refractivity contribution >= 4 is 11.6 Å². The Bertz CT molecular complexity index is 792. The summed E-state index contributed by atoms with van der Waals surface area (Å²) in [5, 5.41) is 3.32. The first-order valence-corrected chi connectivity index (χ1v) is 8.29. The van der Waals surface area contributed by atoms with Gasteiger partial charge in [-0.05, 0) is 18.4 Å². The Morgan fingerprint density at radius 3 is 2.71 bits per heavy atom. The topological polar surface area (TPSA) is 69.7 Å². The van der Waals surface area contributed by atoms with E-state index >= 15 is 0 Å². The maximum atomic E-state index is 4.44. The quantitative estimate of drug-likeness (QED) is 0.756. The van der Waals surface area contributed by atoms with E-state index in [2.05, 4.69) is 42.3 Å². The van der Waals surface area contributed by atoms with Crippen molar-refractivity contribution in [2.45, 2.75) is 19.4 Å². The normalized spacial score (nSPS) is 14.1. The molecule has 6 nitrogen and oxygen atoms in total. The second-order valence-corrected chi connectivity index (χ2v) is 5.92. The van der Waals surface area contributed by atoms with Crippen molar-refractivity contribution in [3.63, 3.8) is 0 Å². The van der Waals surface area contributed by atoms with Gasteiger partial charge < -0.3 is 15.2 Å². The summed E-state index contributed by atoms with van der Waals surface area (Å²) in [6.45, 7) is 2.76. The van der Waals surface area contributed by atoms with E-state index in [9.17, 15) is 0 Å². The lowest BCUT2D eigenvalue weighted by molar-refractivity contribution is 0.921. The Hall–Kier alpha value is -2.89. The summed E-state index contributed by atoms with van der Waals surface area (Å²) in [7, 11) is 0. The summed E-state index contributed by atoms with van der Waals surface area (Å²) in [6, 6.07) is 12.2. The van der Waals surface area contributed by atoms with Crippen LogP contribution >= 0.6 is 0 Å². The number of aromatic nitrogens is 4.